The van der Waals surface area contributed by atoms with Crippen molar-refractivity contribution < 1.29 is 4.79 Å². The minimum atomic E-state index is -0.391. The van der Waals surface area contributed by atoms with Gasteiger partial charge in [0.1, 0.15) is 22.4 Å². The number of nitrogens with zero attached hydrogens (tertiary/aromatic N) is 5. The molecule has 5 rings (SSSR count). The van der Waals surface area contributed by atoms with Gasteiger partial charge in [-0.2, -0.15) is 0 Å². The van der Waals surface area contributed by atoms with Crippen molar-refractivity contribution in [3.63, 3.8) is 0 Å². The highest BCUT2D eigenvalue weighted by atomic mass is 16.1. The molecule has 180 valence electrons. The average Bonchev–Trinajstić information content (AvgIpc) is 3.24. The molecule has 1 amide bonds. The van der Waals surface area contributed by atoms with E-state index in [0.717, 1.165) is 90.8 Å². The topological polar surface area (TPSA) is 116 Å². The fraction of sp³-hybridized carbons (Fsp3) is 0.333. The lowest BCUT2D eigenvalue weighted by atomic mass is 10.0. The Labute approximate surface area is 204 Å². The Morgan fingerprint density at radius 1 is 1.09 bits per heavy atom. The van der Waals surface area contributed by atoms with Gasteiger partial charge in [0.15, 0.2) is 5.82 Å². The van der Waals surface area contributed by atoms with E-state index in [-0.39, 0.29) is 0 Å². The maximum Gasteiger partial charge on any atom is 0.248 e. The van der Waals surface area contributed by atoms with E-state index in [1.54, 1.807) is 6.20 Å². The number of rotatable bonds is 9. The second kappa shape index (κ2) is 9.74. The van der Waals surface area contributed by atoms with Crippen molar-refractivity contribution in [1.82, 2.24) is 19.5 Å². The first-order chi connectivity index (χ1) is 17.1. The van der Waals surface area contributed by atoms with E-state index in [1.807, 2.05) is 30.3 Å². The van der Waals surface area contributed by atoms with Gasteiger partial charge in [0, 0.05) is 43.2 Å². The van der Waals surface area contributed by atoms with Gasteiger partial charge in [-0.3, -0.25) is 9.78 Å². The van der Waals surface area contributed by atoms with E-state index < -0.39 is 5.91 Å². The van der Waals surface area contributed by atoms with Gasteiger partial charge in [0.25, 0.3) is 0 Å². The molecule has 4 N–H and O–H groups in total. The molecule has 0 saturated heterocycles. The third kappa shape index (κ3) is 4.43. The number of carbonyl (C=O) groups is 1. The average molecular weight is 470 g/mol. The van der Waals surface area contributed by atoms with Crippen LogP contribution < -0.4 is 16.4 Å². The van der Waals surface area contributed by atoms with Crippen LogP contribution in [0, 0.1) is 0 Å². The molecule has 35 heavy (non-hydrogen) atoms. The number of benzene rings is 1. The van der Waals surface area contributed by atoms with Crippen LogP contribution in [0.1, 0.15) is 54.4 Å². The quantitative estimate of drug-likeness (QED) is 0.352. The van der Waals surface area contributed by atoms with E-state index in [4.69, 9.17) is 16.5 Å². The molecular formula is C27H31N7O. The molecule has 1 aromatic carbocycles. The molecule has 0 radical (unpaired) electrons. The Hall–Kier alpha value is -3.94. The predicted molar refractivity (Wildman–Crippen MR) is 140 cm³/mol. The third-order valence-electron chi connectivity index (χ3n) is 6.62. The molecule has 3 aromatic heterocycles. The number of carbonyl (C=O) groups excluding carboxylic acids is 1. The normalized spacial score (nSPS) is 13.0. The van der Waals surface area contributed by atoms with Gasteiger partial charge in [0.05, 0.1) is 5.52 Å². The number of aromatic nitrogens is 4. The molecule has 0 bridgehead atoms. The molecule has 4 aromatic rings. The molecule has 1 aliphatic heterocycles. The van der Waals surface area contributed by atoms with Crippen LogP contribution in [0.5, 0.6) is 0 Å². The van der Waals surface area contributed by atoms with Gasteiger partial charge in [-0.05, 0) is 61.6 Å². The number of aryl methyl sites for hydroxylation is 2. The summed E-state index contributed by atoms with van der Waals surface area (Å²) in [6.45, 7) is 3.92. The first kappa shape index (κ1) is 22.8. The van der Waals surface area contributed by atoms with Gasteiger partial charge in [0.2, 0.25) is 5.91 Å². The molecule has 4 heterocycles. The second-order valence-corrected chi connectivity index (χ2v) is 9.05. The summed E-state index contributed by atoms with van der Waals surface area (Å²) in [5.74, 6) is 1.12. The maximum atomic E-state index is 11.5. The number of primary amides is 1. The largest absolute Gasteiger partial charge is 0.382 e. The van der Waals surface area contributed by atoms with Gasteiger partial charge >= 0.3 is 0 Å². The molecule has 8 nitrogen and oxygen atoms in total. The Balaban J connectivity index is 1.36. The number of unbranched alkanes of at least 4 members (excludes halogenated alkanes) is 2. The minimum absolute atomic E-state index is 0.391. The van der Waals surface area contributed by atoms with Crippen LogP contribution in [0.3, 0.4) is 0 Å². The Morgan fingerprint density at radius 2 is 1.94 bits per heavy atom. The highest BCUT2D eigenvalue weighted by Crippen LogP contribution is 2.30. The van der Waals surface area contributed by atoms with Crippen molar-refractivity contribution in [2.75, 3.05) is 17.2 Å². The molecule has 8 heteroatoms. The van der Waals surface area contributed by atoms with Crippen molar-refractivity contribution in [1.29, 1.82) is 0 Å². The van der Waals surface area contributed by atoms with Crippen molar-refractivity contribution >= 4 is 39.5 Å². The fourth-order valence-electron chi connectivity index (χ4n) is 4.85. The van der Waals surface area contributed by atoms with Crippen LogP contribution in [0.4, 0.5) is 11.5 Å². The maximum absolute atomic E-state index is 11.5. The number of hydrogen-bond acceptors (Lipinski definition) is 6. The van der Waals surface area contributed by atoms with Crippen molar-refractivity contribution in [3.05, 3.63) is 65.8 Å². The molecule has 0 fully saturated rings. The summed E-state index contributed by atoms with van der Waals surface area (Å²) in [7, 11) is 0. The summed E-state index contributed by atoms with van der Waals surface area (Å²) in [6, 6.07) is 9.54. The van der Waals surface area contributed by atoms with E-state index in [0.29, 0.717) is 11.4 Å². The smallest absolute Gasteiger partial charge is 0.248 e. The lowest BCUT2D eigenvalue weighted by molar-refractivity contribution is 0.1000. The lowest BCUT2D eigenvalue weighted by Gasteiger charge is -2.27. The summed E-state index contributed by atoms with van der Waals surface area (Å²) in [4.78, 5) is 27.9. The Bertz CT molecular complexity index is 1420. The first-order valence-corrected chi connectivity index (χ1v) is 12.3. The van der Waals surface area contributed by atoms with Crippen LogP contribution in [0.15, 0.2) is 48.8 Å². The molecule has 0 saturated carbocycles. The van der Waals surface area contributed by atoms with Gasteiger partial charge in [-0.15, -0.1) is 0 Å². The highest BCUT2D eigenvalue weighted by molar-refractivity contribution is 6.04. The summed E-state index contributed by atoms with van der Waals surface area (Å²) in [5, 5.41) is 0. The summed E-state index contributed by atoms with van der Waals surface area (Å²) in [6.07, 6.45) is 11.9. The molecule has 0 atom stereocenters. The van der Waals surface area contributed by atoms with Gasteiger partial charge in [-0.1, -0.05) is 19.4 Å². The van der Waals surface area contributed by atoms with E-state index in [2.05, 4.69) is 38.6 Å². The van der Waals surface area contributed by atoms with Crippen molar-refractivity contribution in [3.8, 4) is 0 Å². The Morgan fingerprint density at radius 3 is 2.77 bits per heavy atom. The number of allylic oxidation sites excluding steroid dienone is 1. The van der Waals surface area contributed by atoms with E-state index >= 15 is 0 Å². The van der Waals surface area contributed by atoms with Crippen molar-refractivity contribution in [2.45, 2.75) is 52.0 Å². The zero-order valence-electron chi connectivity index (χ0n) is 20.1. The molecular weight excluding hydrogens is 438 g/mol. The standard InChI is InChI=1S/C27H31N7O/c1-2-3-10-22-32-24-25(23-20(31-26(24)28)9-6-13-30-23)34(22)16-5-4-14-33-15-7-8-18-17-19(27(29)35)11-12-21(18)33/h6-7,9,11-13,15,17H,2-5,8,10,14,16H2,1H3,(H2,28,31)(H2,29,35). The summed E-state index contributed by atoms with van der Waals surface area (Å²) >= 11 is 0. The monoisotopic (exact) mass is 469 g/mol. The number of amides is 1. The fourth-order valence-corrected chi connectivity index (χ4v) is 4.85. The second-order valence-electron chi connectivity index (χ2n) is 9.05. The molecule has 1 aliphatic rings. The Kier molecular flexibility index (Phi) is 6.35. The van der Waals surface area contributed by atoms with Gasteiger partial charge < -0.3 is 20.9 Å². The minimum Gasteiger partial charge on any atom is -0.382 e. The number of pyridine rings is 2. The highest BCUT2D eigenvalue weighted by Gasteiger charge is 2.18. The summed E-state index contributed by atoms with van der Waals surface area (Å²) < 4.78 is 2.30. The number of nitrogen functional groups attached to an aromatic ring is 1. The number of nitrogens with two attached hydrogens (primary N) is 2. The van der Waals surface area contributed by atoms with Gasteiger partial charge in [-0.25, -0.2) is 9.97 Å². The number of hydrogen-bond donors (Lipinski definition) is 2. The molecule has 0 aliphatic carbocycles. The van der Waals surface area contributed by atoms with E-state index in [1.165, 1.54) is 0 Å². The molecule has 0 unspecified atom stereocenters. The van der Waals surface area contributed by atoms with Crippen LogP contribution in [-0.4, -0.2) is 32.0 Å². The number of fused-ring (bicyclic) bond motifs is 4. The van der Waals surface area contributed by atoms with Crippen LogP contribution in [-0.2, 0) is 19.4 Å². The first-order valence-electron chi connectivity index (χ1n) is 12.3. The van der Waals surface area contributed by atoms with Crippen LogP contribution in [0.2, 0.25) is 0 Å². The summed E-state index contributed by atoms with van der Waals surface area (Å²) in [5.41, 5.74) is 18.0. The number of imidazole rings is 1. The number of anilines is 2. The lowest BCUT2D eigenvalue weighted by Crippen LogP contribution is -2.22. The zero-order valence-corrected chi connectivity index (χ0v) is 20.1. The van der Waals surface area contributed by atoms with Crippen LogP contribution >= 0.6 is 0 Å². The molecule has 0 spiro atoms. The van der Waals surface area contributed by atoms with Crippen molar-refractivity contribution in [2.24, 2.45) is 5.73 Å². The SMILES string of the molecule is CCCCc1nc2c(N)nc3cccnc3c2n1CCCCN1C=CCc2cc(C(N)=O)ccc21. The predicted octanol–water partition coefficient (Wildman–Crippen LogP) is 4.36. The third-order valence-corrected chi connectivity index (χ3v) is 6.62. The van der Waals surface area contributed by atoms with Crippen LogP contribution in [0.25, 0.3) is 22.1 Å². The zero-order chi connectivity index (χ0) is 24.4. The van der Waals surface area contributed by atoms with E-state index in [9.17, 15) is 4.79 Å².